The second-order valence-electron chi connectivity index (χ2n) is 6.49. The molecular weight excluding hydrogens is 237 g/mol. The molecule has 0 aliphatic heterocycles. The highest BCUT2D eigenvalue weighted by Crippen LogP contribution is 2.44. The molecule has 0 aromatic heterocycles. The van der Waals surface area contributed by atoms with Crippen LogP contribution in [0.25, 0.3) is 0 Å². The molecule has 1 aliphatic rings. The number of rotatable bonds is 3. The van der Waals surface area contributed by atoms with E-state index in [0.717, 1.165) is 19.3 Å². The van der Waals surface area contributed by atoms with Gasteiger partial charge in [-0.2, -0.15) is 0 Å². The third-order valence-electron chi connectivity index (χ3n) is 4.87. The van der Waals surface area contributed by atoms with Gasteiger partial charge >= 0.3 is 0 Å². The van der Waals surface area contributed by atoms with E-state index < -0.39 is 5.54 Å². The SMILES string of the molecule is CCC(N)(c1ccccc1F)C1CC(C)CC(C)C1. The Balaban J connectivity index is 2.34. The second-order valence-corrected chi connectivity index (χ2v) is 6.49. The first-order valence-electron chi connectivity index (χ1n) is 7.51. The van der Waals surface area contributed by atoms with Crippen molar-refractivity contribution in [2.75, 3.05) is 0 Å². The van der Waals surface area contributed by atoms with Gasteiger partial charge in [-0.25, -0.2) is 4.39 Å². The minimum Gasteiger partial charge on any atom is -0.321 e. The van der Waals surface area contributed by atoms with Crippen LogP contribution >= 0.6 is 0 Å². The van der Waals surface area contributed by atoms with Crippen LogP contribution in [0.3, 0.4) is 0 Å². The van der Waals surface area contributed by atoms with E-state index in [4.69, 9.17) is 5.73 Å². The quantitative estimate of drug-likeness (QED) is 0.856. The third kappa shape index (κ3) is 2.84. The number of nitrogens with two attached hydrogens (primary N) is 1. The second kappa shape index (κ2) is 5.62. The molecule has 0 radical (unpaired) electrons. The van der Waals surface area contributed by atoms with Crippen molar-refractivity contribution >= 4 is 0 Å². The lowest BCUT2D eigenvalue weighted by Gasteiger charge is -2.43. The molecule has 0 amide bonds. The van der Waals surface area contributed by atoms with E-state index in [-0.39, 0.29) is 5.82 Å². The van der Waals surface area contributed by atoms with E-state index in [9.17, 15) is 4.39 Å². The van der Waals surface area contributed by atoms with Gasteiger partial charge in [-0.05, 0) is 49.5 Å². The highest BCUT2D eigenvalue weighted by atomic mass is 19.1. The summed E-state index contributed by atoms with van der Waals surface area (Å²) < 4.78 is 14.1. The molecule has 3 atom stereocenters. The van der Waals surface area contributed by atoms with Gasteiger partial charge in [0.2, 0.25) is 0 Å². The molecule has 0 spiro atoms. The van der Waals surface area contributed by atoms with E-state index in [2.05, 4.69) is 20.8 Å². The predicted molar refractivity (Wildman–Crippen MR) is 78.2 cm³/mol. The Morgan fingerprint density at radius 2 is 1.74 bits per heavy atom. The Hall–Kier alpha value is -0.890. The molecule has 106 valence electrons. The average Bonchev–Trinajstić information content (AvgIpc) is 2.37. The lowest BCUT2D eigenvalue weighted by molar-refractivity contribution is 0.128. The van der Waals surface area contributed by atoms with Gasteiger partial charge in [0.15, 0.2) is 0 Å². The number of halogens is 1. The fourth-order valence-corrected chi connectivity index (χ4v) is 3.91. The molecule has 1 aromatic carbocycles. The molecule has 2 rings (SSSR count). The monoisotopic (exact) mass is 263 g/mol. The summed E-state index contributed by atoms with van der Waals surface area (Å²) in [5.74, 6) is 1.61. The fourth-order valence-electron chi connectivity index (χ4n) is 3.91. The van der Waals surface area contributed by atoms with E-state index >= 15 is 0 Å². The maximum atomic E-state index is 14.1. The van der Waals surface area contributed by atoms with Gasteiger partial charge in [0.25, 0.3) is 0 Å². The van der Waals surface area contributed by atoms with E-state index in [0.29, 0.717) is 23.3 Å². The maximum absolute atomic E-state index is 14.1. The Morgan fingerprint density at radius 3 is 2.26 bits per heavy atom. The molecule has 1 nitrogen and oxygen atoms in total. The summed E-state index contributed by atoms with van der Waals surface area (Å²) in [7, 11) is 0. The van der Waals surface area contributed by atoms with Crippen LogP contribution in [0.5, 0.6) is 0 Å². The first-order chi connectivity index (χ1) is 8.97. The standard InChI is InChI=1S/C17H26FN/c1-4-17(19,15-7-5-6-8-16(15)18)14-10-12(2)9-13(3)11-14/h5-8,12-14H,4,9-11,19H2,1-3H3. The van der Waals surface area contributed by atoms with Gasteiger partial charge in [0.05, 0.1) is 0 Å². The van der Waals surface area contributed by atoms with Crippen molar-refractivity contribution in [2.24, 2.45) is 23.5 Å². The van der Waals surface area contributed by atoms with Gasteiger partial charge in [-0.3, -0.25) is 0 Å². The lowest BCUT2D eigenvalue weighted by Crippen LogP contribution is -2.47. The van der Waals surface area contributed by atoms with Gasteiger partial charge in [-0.15, -0.1) is 0 Å². The summed E-state index contributed by atoms with van der Waals surface area (Å²) in [6.45, 7) is 6.66. The van der Waals surface area contributed by atoms with Gasteiger partial charge in [0, 0.05) is 11.1 Å². The molecular formula is C17H26FN. The highest BCUT2D eigenvalue weighted by molar-refractivity contribution is 5.27. The highest BCUT2D eigenvalue weighted by Gasteiger charge is 2.40. The zero-order valence-electron chi connectivity index (χ0n) is 12.3. The van der Waals surface area contributed by atoms with Crippen LogP contribution in [0.15, 0.2) is 24.3 Å². The minimum absolute atomic E-state index is 0.155. The molecule has 1 fully saturated rings. The molecule has 1 saturated carbocycles. The molecule has 0 bridgehead atoms. The first-order valence-corrected chi connectivity index (χ1v) is 7.51. The van der Waals surface area contributed by atoms with Crippen LogP contribution < -0.4 is 5.73 Å². The third-order valence-corrected chi connectivity index (χ3v) is 4.87. The molecule has 3 unspecified atom stereocenters. The van der Waals surface area contributed by atoms with Gasteiger partial charge < -0.3 is 5.73 Å². The van der Waals surface area contributed by atoms with E-state index in [1.165, 1.54) is 12.5 Å². The Morgan fingerprint density at radius 1 is 1.16 bits per heavy atom. The number of hydrogen-bond acceptors (Lipinski definition) is 1. The van der Waals surface area contributed by atoms with Crippen molar-refractivity contribution in [1.29, 1.82) is 0 Å². The van der Waals surface area contributed by atoms with Crippen molar-refractivity contribution in [3.05, 3.63) is 35.6 Å². The predicted octanol–water partition coefficient (Wildman–Crippen LogP) is 4.46. The largest absolute Gasteiger partial charge is 0.321 e. The summed E-state index contributed by atoms with van der Waals surface area (Å²) in [6, 6.07) is 7.03. The Bertz CT molecular complexity index is 421. The van der Waals surface area contributed by atoms with E-state index in [1.54, 1.807) is 6.07 Å². The smallest absolute Gasteiger partial charge is 0.128 e. The summed E-state index contributed by atoms with van der Waals surface area (Å²) in [5, 5.41) is 0. The average molecular weight is 263 g/mol. The van der Waals surface area contributed by atoms with Crippen LogP contribution in [-0.2, 0) is 5.54 Å². The first kappa shape index (κ1) is 14.5. The number of hydrogen-bond donors (Lipinski definition) is 1. The number of benzene rings is 1. The molecule has 2 heteroatoms. The van der Waals surface area contributed by atoms with E-state index in [1.807, 2.05) is 12.1 Å². The maximum Gasteiger partial charge on any atom is 0.128 e. The summed E-state index contributed by atoms with van der Waals surface area (Å²) in [6.07, 6.45) is 4.29. The molecule has 1 aromatic rings. The van der Waals surface area contributed by atoms with Gasteiger partial charge in [0.1, 0.15) is 5.82 Å². The van der Waals surface area contributed by atoms with Crippen LogP contribution in [0.4, 0.5) is 4.39 Å². The summed E-state index contributed by atoms with van der Waals surface area (Å²) >= 11 is 0. The minimum atomic E-state index is -0.520. The van der Waals surface area contributed by atoms with Crippen LogP contribution in [-0.4, -0.2) is 0 Å². The molecule has 19 heavy (non-hydrogen) atoms. The summed E-state index contributed by atoms with van der Waals surface area (Å²) in [5.41, 5.74) is 6.86. The van der Waals surface area contributed by atoms with Crippen LogP contribution in [0.2, 0.25) is 0 Å². The van der Waals surface area contributed by atoms with Crippen molar-refractivity contribution < 1.29 is 4.39 Å². The van der Waals surface area contributed by atoms with Crippen molar-refractivity contribution in [2.45, 2.75) is 52.0 Å². The Labute approximate surface area is 116 Å². The molecule has 0 saturated heterocycles. The molecule has 0 heterocycles. The zero-order chi connectivity index (χ0) is 14.0. The van der Waals surface area contributed by atoms with Crippen LogP contribution in [0.1, 0.15) is 52.0 Å². The molecule has 2 N–H and O–H groups in total. The van der Waals surface area contributed by atoms with Crippen molar-refractivity contribution in [1.82, 2.24) is 0 Å². The summed E-state index contributed by atoms with van der Waals surface area (Å²) in [4.78, 5) is 0. The fraction of sp³-hybridized carbons (Fsp3) is 0.647. The Kier molecular flexibility index (Phi) is 4.29. The molecule has 1 aliphatic carbocycles. The zero-order valence-corrected chi connectivity index (χ0v) is 12.3. The lowest BCUT2D eigenvalue weighted by atomic mass is 9.65. The van der Waals surface area contributed by atoms with Crippen LogP contribution in [0, 0.1) is 23.6 Å². The van der Waals surface area contributed by atoms with Crippen molar-refractivity contribution in [3.63, 3.8) is 0 Å². The topological polar surface area (TPSA) is 26.0 Å². The van der Waals surface area contributed by atoms with Crippen molar-refractivity contribution in [3.8, 4) is 0 Å². The normalized spacial score (nSPS) is 30.9. The van der Waals surface area contributed by atoms with Gasteiger partial charge in [-0.1, -0.05) is 39.0 Å².